The average molecular weight is 228 g/mol. The minimum atomic E-state index is 0.243. The van der Waals surface area contributed by atoms with Crippen LogP contribution in [0.15, 0.2) is 24.9 Å². The average Bonchev–Trinajstić information content (AvgIpc) is 2.23. The number of halogens is 1. The van der Waals surface area contributed by atoms with E-state index in [2.05, 4.69) is 21.9 Å². The van der Waals surface area contributed by atoms with E-state index in [1.807, 2.05) is 6.08 Å². The molecule has 1 rings (SSSR count). The van der Waals surface area contributed by atoms with Crippen LogP contribution in [-0.4, -0.2) is 29.7 Å². The molecule has 0 unspecified atom stereocenters. The van der Waals surface area contributed by atoms with Gasteiger partial charge in [0.15, 0.2) is 0 Å². The monoisotopic (exact) mass is 227 g/mol. The van der Waals surface area contributed by atoms with Crippen molar-refractivity contribution in [3.8, 4) is 0 Å². The fourth-order valence-electron chi connectivity index (χ4n) is 0.953. The van der Waals surface area contributed by atoms with Gasteiger partial charge < -0.3 is 10.1 Å². The van der Waals surface area contributed by atoms with Gasteiger partial charge in [-0.05, 0) is 24.1 Å². The van der Waals surface area contributed by atoms with Gasteiger partial charge in [-0.25, -0.2) is 9.97 Å². The van der Waals surface area contributed by atoms with Crippen molar-refractivity contribution in [1.82, 2.24) is 9.97 Å². The SMILES string of the molecule is C=CCCOCCNc1ccnc(Cl)n1. The molecule has 0 aliphatic heterocycles. The van der Waals surface area contributed by atoms with E-state index in [0.29, 0.717) is 25.6 Å². The standard InChI is InChI=1S/C10H14ClN3O/c1-2-3-7-15-8-6-12-9-4-5-13-10(11)14-9/h2,4-5H,1,3,6-8H2,(H,12,13,14). The smallest absolute Gasteiger partial charge is 0.224 e. The zero-order valence-electron chi connectivity index (χ0n) is 8.45. The maximum absolute atomic E-state index is 5.62. The summed E-state index contributed by atoms with van der Waals surface area (Å²) in [5.74, 6) is 0.710. The van der Waals surface area contributed by atoms with Crippen molar-refractivity contribution in [1.29, 1.82) is 0 Å². The Morgan fingerprint density at radius 2 is 2.40 bits per heavy atom. The van der Waals surface area contributed by atoms with E-state index in [0.717, 1.165) is 6.42 Å². The lowest BCUT2D eigenvalue weighted by atomic mass is 10.4. The normalized spacial score (nSPS) is 9.93. The van der Waals surface area contributed by atoms with Crippen LogP contribution in [0.4, 0.5) is 5.82 Å². The van der Waals surface area contributed by atoms with Gasteiger partial charge in [0.05, 0.1) is 13.2 Å². The summed E-state index contributed by atoms with van der Waals surface area (Å²) in [6.45, 7) is 5.65. The first-order valence-electron chi connectivity index (χ1n) is 4.74. The Hall–Kier alpha value is -1.13. The van der Waals surface area contributed by atoms with Crippen molar-refractivity contribution in [3.63, 3.8) is 0 Å². The fraction of sp³-hybridized carbons (Fsp3) is 0.400. The van der Waals surface area contributed by atoms with Crippen molar-refractivity contribution in [2.45, 2.75) is 6.42 Å². The van der Waals surface area contributed by atoms with E-state index in [9.17, 15) is 0 Å². The predicted molar refractivity (Wildman–Crippen MR) is 61.2 cm³/mol. The maximum atomic E-state index is 5.62. The molecule has 82 valence electrons. The van der Waals surface area contributed by atoms with Gasteiger partial charge in [0, 0.05) is 12.7 Å². The quantitative estimate of drug-likeness (QED) is 0.441. The molecule has 1 aromatic rings. The number of hydrogen-bond donors (Lipinski definition) is 1. The number of rotatable bonds is 7. The number of hydrogen-bond acceptors (Lipinski definition) is 4. The lowest BCUT2D eigenvalue weighted by Crippen LogP contribution is -2.10. The van der Waals surface area contributed by atoms with E-state index in [4.69, 9.17) is 16.3 Å². The molecule has 0 fully saturated rings. The van der Waals surface area contributed by atoms with E-state index in [-0.39, 0.29) is 5.28 Å². The van der Waals surface area contributed by atoms with Crippen molar-refractivity contribution < 1.29 is 4.74 Å². The second-order valence-electron chi connectivity index (χ2n) is 2.83. The van der Waals surface area contributed by atoms with Crippen molar-refractivity contribution >= 4 is 17.4 Å². The predicted octanol–water partition coefficient (Wildman–Crippen LogP) is 2.13. The largest absolute Gasteiger partial charge is 0.379 e. The van der Waals surface area contributed by atoms with Crippen molar-refractivity contribution in [2.75, 3.05) is 25.1 Å². The molecule has 5 heteroatoms. The number of anilines is 1. The zero-order valence-corrected chi connectivity index (χ0v) is 9.20. The first-order chi connectivity index (χ1) is 7.33. The Kier molecular flexibility index (Phi) is 5.73. The molecule has 0 saturated heterocycles. The lowest BCUT2D eigenvalue weighted by molar-refractivity contribution is 0.149. The zero-order chi connectivity index (χ0) is 10.9. The highest BCUT2D eigenvalue weighted by atomic mass is 35.5. The minimum absolute atomic E-state index is 0.243. The molecule has 0 spiro atoms. The van der Waals surface area contributed by atoms with Gasteiger partial charge in [0.2, 0.25) is 5.28 Å². The third-order valence-electron chi connectivity index (χ3n) is 1.65. The molecular weight excluding hydrogens is 214 g/mol. The molecule has 0 bridgehead atoms. The Morgan fingerprint density at radius 3 is 3.13 bits per heavy atom. The third-order valence-corrected chi connectivity index (χ3v) is 1.83. The van der Waals surface area contributed by atoms with Gasteiger partial charge in [-0.1, -0.05) is 6.08 Å². The van der Waals surface area contributed by atoms with Crippen LogP contribution in [-0.2, 0) is 4.74 Å². The second-order valence-corrected chi connectivity index (χ2v) is 3.17. The van der Waals surface area contributed by atoms with Crippen LogP contribution in [0.5, 0.6) is 0 Å². The van der Waals surface area contributed by atoms with Gasteiger partial charge in [0.1, 0.15) is 5.82 Å². The van der Waals surface area contributed by atoms with E-state index >= 15 is 0 Å². The summed E-state index contributed by atoms with van der Waals surface area (Å²) in [6.07, 6.45) is 4.31. The van der Waals surface area contributed by atoms with Crippen LogP contribution in [0.3, 0.4) is 0 Å². The van der Waals surface area contributed by atoms with Crippen LogP contribution in [0, 0.1) is 0 Å². The van der Waals surface area contributed by atoms with Crippen LogP contribution in [0.1, 0.15) is 6.42 Å². The molecule has 0 atom stereocenters. The number of aromatic nitrogens is 2. The number of nitrogens with one attached hydrogen (secondary N) is 1. The highest BCUT2D eigenvalue weighted by Gasteiger charge is 1.94. The molecule has 4 nitrogen and oxygen atoms in total. The summed E-state index contributed by atoms with van der Waals surface area (Å²) in [6, 6.07) is 1.76. The lowest BCUT2D eigenvalue weighted by Gasteiger charge is -2.05. The van der Waals surface area contributed by atoms with Crippen LogP contribution >= 0.6 is 11.6 Å². The fourth-order valence-corrected chi connectivity index (χ4v) is 1.10. The molecule has 0 saturated carbocycles. The minimum Gasteiger partial charge on any atom is -0.379 e. The molecule has 0 aromatic carbocycles. The van der Waals surface area contributed by atoms with Gasteiger partial charge in [0.25, 0.3) is 0 Å². The summed E-state index contributed by atoms with van der Waals surface area (Å²) >= 11 is 5.62. The van der Waals surface area contributed by atoms with Gasteiger partial charge in [-0.2, -0.15) is 0 Å². The van der Waals surface area contributed by atoms with Gasteiger partial charge >= 0.3 is 0 Å². The topological polar surface area (TPSA) is 47.0 Å². The van der Waals surface area contributed by atoms with Crippen LogP contribution in [0.25, 0.3) is 0 Å². The Balaban J connectivity index is 2.12. The highest BCUT2D eigenvalue weighted by molar-refractivity contribution is 6.28. The summed E-state index contributed by atoms with van der Waals surface area (Å²) in [5, 5.41) is 3.32. The Morgan fingerprint density at radius 1 is 1.53 bits per heavy atom. The van der Waals surface area contributed by atoms with Crippen molar-refractivity contribution in [3.05, 3.63) is 30.2 Å². The second kappa shape index (κ2) is 7.20. The third kappa shape index (κ3) is 5.34. The number of ether oxygens (including phenoxy) is 1. The van der Waals surface area contributed by atoms with Crippen LogP contribution in [0.2, 0.25) is 5.28 Å². The first-order valence-corrected chi connectivity index (χ1v) is 5.12. The maximum Gasteiger partial charge on any atom is 0.224 e. The summed E-state index contributed by atoms with van der Waals surface area (Å²) in [5.41, 5.74) is 0. The summed E-state index contributed by atoms with van der Waals surface area (Å²) in [7, 11) is 0. The summed E-state index contributed by atoms with van der Waals surface area (Å²) in [4.78, 5) is 7.76. The first kappa shape index (κ1) is 11.9. The Bertz CT molecular complexity index is 306. The molecule has 0 radical (unpaired) electrons. The summed E-state index contributed by atoms with van der Waals surface area (Å²) < 4.78 is 5.32. The van der Waals surface area contributed by atoms with E-state index in [1.165, 1.54) is 0 Å². The molecule has 1 aromatic heterocycles. The molecule has 0 aliphatic rings. The van der Waals surface area contributed by atoms with Crippen LogP contribution < -0.4 is 5.32 Å². The van der Waals surface area contributed by atoms with Gasteiger partial charge in [-0.15, -0.1) is 6.58 Å². The molecule has 1 N–H and O–H groups in total. The van der Waals surface area contributed by atoms with E-state index in [1.54, 1.807) is 12.3 Å². The Labute approximate surface area is 94.3 Å². The van der Waals surface area contributed by atoms with Gasteiger partial charge in [-0.3, -0.25) is 0 Å². The molecule has 0 aliphatic carbocycles. The van der Waals surface area contributed by atoms with E-state index < -0.39 is 0 Å². The highest BCUT2D eigenvalue weighted by Crippen LogP contribution is 2.04. The van der Waals surface area contributed by atoms with Crippen molar-refractivity contribution in [2.24, 2.45) is 0 Å². The molecule has 1 heterocycles. The molecule has 15 heavy (non-hydrogen) atoms. The molecular formula is C10H14ClN3O. The number of nitrogens with zero attached hydrogens (tertiary/aromatic N) is 2. The molecule has 0 amide bonds.